The summed E-state index contributed by atoms with van der Waals surface area (Å²) >= 11 is 1.63. The summed E-state index contributed by atoms with van der Waals surface area (Å²) in [6.07, 6.45) is 0. The number of halogens is 1. The summed E-state index contributed by atoms with van der Waals surface area (Å²) in [5.41, 5.74) is 0. The minimum Gasteiger partial charge on any atom is -0.492 e. The third-order valence-electron chi connectivity index (χ3n) is 2.56. The number of thioether (sulfide) groups is 1. The van der Waals surface area contributed by atoms with E-state index in [0.29, 0.717) is 24.7 Å². The molecule has 0 aliphatic heterocycles. The van der Waals surface area contributed by atoms with Gasteiger partial charge in [-0.15, -0.1) is 11.8 Å². The van der Waals surface area contributed by atoms with Crippen LogP contribution < -0.4 is 4.74 Å². The molecule has 112 valence electrons. The highest BCUT2D eigenvalue weighted by Crippen LogP contribution is 2.23. The van der Waals surface area contributed by atoms with Gasteiger partial charge < -0.3 is 9.64 Å². The standard InChI is InChI=1S/C15H22FNO2S/c1-15(2,3)20-11-14(18)17(4)9-10-19-13-7-5-12(16)6-8-13/h5-8H,9-11H2,1-4H3. The Hall–Kier alpha value is -1.23. The zero-order valence-corrected chi connectivity index (χ0v) is 13.3. The Kier molecular flexibility index (Phi) is 6.33. The fraction of sp³-hybridized carbons (Fsp3) is 0.533. The van der Waals surface area contributed by atoms with Crippen LogP contribution in [0.4, 0.5) is 4.39 Å². The summed E-state index contributed by atoms with van der Waals surface area (Å²) in [5, 5.41) is 0. The van der Waals surface area contributed by atoms with Gasteiger partial charge in [0.05, 0.1) is 12.3 Å². The van der Waals surface area contributed by atoms with E-state index in [9.17, 15) is 9.18 Å². The Morgan fingerprint density at radius 3 is 2.45 bits per heavy atom. The lowest BCUT2D eigenvalue weighted by Crippen LogP contribution is -2.33. The second kappa shape index (κ2) is 7.53. The number of ether oxygens (including phenoxy) is 1. The third-order valence-corrected chi connectivity index (χ3v) is 3.82. The van der Waals surface area contributed by atoms with Gasteiger partial charge in [-0.25, -0.2) is 4.39 Å². The number of carbonyl (C=O) groups is 1. The molecule has 0 aliphatic rings. The molecule has 0 saturated carbocycles. The Bertz CT molecular complexity index is 428. The van der Waals surface area contributed by atoms with Gasteiger partial charge in [0, 0.05) is 11.8 Å². The highest BCUT2D eigenvalue weighted by Gasteiger charge is 2.15. The lowest BCUT2D eigenvalue weighted by molar-refractivity contribution is -0.127. The van der Waals surface area contributed by atoms with E-state index < -0.39 is 0 Å². The van der Waals surface area contributed by atoms with Crippen LogP contribution in [0.3, 0.4) is 0 Å². The quantitative estimate of drug-likeness (QED) is 0.808. The van der Waals surface area contributed by atoms with Crippen LogP contribution in [-0.4, -0.2) is 41.5 Å². The molecule has 0 bridgehead atoms. The van der Waals surface area contributed by atoms with Gasteiger partial charge in [-0.1, -0.05) is 20.8 Å². The average molecular weight is 299 g/mol. The molecule has 0 unspecified atom stereocenters. The van der Waals surface area contributed by atoms with Gasteiger partial charge >= 0.3 is 0 Å². The first-order valence-electron chi connectivity index (χ1n) is 6.54. The first-order valence-corrected chi connectivity index (χ1v) is 7.53. The lowest BCUT2D eigenvalue weighted by atomic mass is 10.3. The topological polar surface area (TPSA) is 29.5 Å². The maximum Gasteiger partial charge on any atom is 0.232 e. The molecule has 1 rings (SSSR count). The van der Waals surface area contributed by atoms with E-state index in [4.69, 9.17) is 4.74 Å². The summed E-state index contributed by atoms with van der Waals surface area (Å²) in [7, 11) is 1.76. The van der Waals surface area contributed by atoms with Crippen LogP contribution in [0.25, 0.3) is 0 Å². The first-order chi connectivity index (χ1) is 9.28. The second-order valence-electron chi connectivity index (χ2n) is 5.52. The lowest BCUT2D eigenvalue weighted by Gasteiger charge is -2.21. The summed E-state index contributed by atoms with van der Waals surface area (Å²) in [6, 6.07) is 5.85. The third kappa shape index (κ3) is 6.80. The zero-order chi connectivity index (χ0) is 15.2. The summed E-state index contributed by atoms with van der Waals surface area (Å²) in [5.74, 6) is 0.879. The number of nitrogens with zero attached hydrogens (tertiary/aromatic N) is 1. The number of hydrogen-bond donors (Lipinski definition) is 0. The molecule has 0 fully saturated rings. The first kappa shape index (κ1) is 16.8. The molecule has 1 amide bonds. The number of amides is 1. The van der Waals surface area contributed by atoms with E-state index in [0.717, 1.165) is 0 Å². The number of rotatable bonds is 6. The average Bonchev–Trinajstić information content (AvgIpc) is 2.37. The van der Waals surface area contributed by atoms with Crippen LogP contribution in [0.1, 0.15) is 20.8 Å². The van der Waals surface area contributed by atoms with Crippen molar-refractivity contribution in [3.8, 4) is 5.75 Å². The summed E-state index contributed by atoms with van der Waals surface area (Å²) in [6.45, 7) is 7.17. The van der Waals surface area contributed by atoms with Crippen molar-refractivity contribution in [1.82, 2.24) is 4.90 Å². The normalized spacial score (nSPS) is 11.2. The van der Waals surface area contributed by atoms with Crippen molar-refractivity contribution >= 4 is 17.7 Å². The van der Waals surface area contributed by atoms with Gasteiger partial charge in [-0.3, -0.25) is 4.79 Å². The van der Waals surface area contributed by atoms with Crippen LogP contribution in [0.5, 0.6) is 5.75 Å². The van der Waals surface area contributed by atoms with E-state index in [1.165, 1.54) is 12.1 Å². The van der Waals surface area contributed by atoms with Crippen molar-refractivity contribution in [2.45, 2.75) is 25.5 Å². The van der Waals surface area contributed by atoms with Crippen LogP contribution in [-0.2, 0) is 4.79 Å². The molecule has 20 heavy (non-hydrogen) atoms. The van der Waals surface area contributed by atoms with E-state index >= 15 is 0 Å². The van der Waals surface area contributed by atoms with Crippen LogP contribution in [0.15, 0.2) is 24.3 Å². The monoisotopic (exact) mass is 299 g/mol. The fourth-order valence-corrected chi connectivity index (χ4v) is 2.12. The number of hydrogen-bond acceptors (Lipinski definition) is 3. The summed E-state index contributed by atoms with van der Waals surface area (Å²) < 4.78 is 18.3. The van der Waals surface area contributed by atoms with Crippen molar-refractivity contribution in [2.24, 2.45) is 0 Å². The van der Waals surface area contributed by atoms with Crippen molar-refractivity contribution in [1.29, 1.82) is 0 Å². The predicted molar refractivity (Wildman–Crippen MR) is 81.7 cm³/mol. The number of likely N-dealkylation sites (N-methyl/N-ethyl adjacent to an activating group) is 1. The predicted octanol–water partition coefficient (Wildman–Crippen LogP) is 3.19. The molecule has 0 atom stereocenters. The van der Waals surface area contributed by atoms with Crippen molar-refractivity contribution in [3.05, 3.63) is 30.1 Å². The van der Waals surface area contributed by atoms with Crippen molar-refractivity contribution in [3.63, 3.8) is 0 Å². The van der Waals surface area contributed by atoms with Crippen LogP contribution in [0, 0.1) is 5.82 Å². The number of benzene rings is 1. The van der Waals surface area contributed by atoms with Gasteiger partial charge in [0.15, 0.2) is 0 Å². The van der Waals surface area contributed by atoms with Gasteiger partial charge in [0.1, 0.15) is 18.2 Å². The minimum atomic E-state index is -0.288. The number of carbonyl (C=O) groups excluding carboxylic acids is 1. The molecule has 0 saturated heterocycles. The molecular weight excluding hydrogens is 277 g/mol. The Morgan fingerprint density at radius 1 is 1.30 bits per heavy atom. The van der Waals surface area contributed by atoms with E-state index in [2.05, 4.69) is 20.8 Å². The minimum absolute atomic E-state index is 0.0844. The molecule has 0 aromatic heterocycles. The molecule has 0 heterocycles. The molecule has 1 aromatic carbocycles. The highest BCUT2D eigenvalue weighted by atomic mass is 32.2. The maximum absolute atomic E-state index is 12.7. The highest BCUT2D eigenvalue weighted by molar-refractivity contribution is 8.01. The van der Waals surface area contributed by atoms with Gasteiger partial charge in [-0.2, -0.15) is 0 Å². The van der Waals surface area contributed by atoms with E-state index in [1.54, 1.807) is 35.8 Å². The molecule has 0 radical (unpaired) electrons. The second-order valence-corrected chi connectivity index (χ2v) is 7.32. The fourth-order valence-electron chi connectivity index (χ4n) is 1.34. The summed E-state index contributed by atoms with van der Waals surface area (Å²) in [4.78, 5) is 13.5. The van der Waals surface area contributed by atoms with E-state index in [1.807, 2.05) is 0 Å². The SMILES string of the molecule is CN(CCOc1ccc(F)cc1)C(=O)CSC(C)(C)C. The molecular formula is C15H22FNO2S. The Labute approximate surface area is 124 Å². The van der Waals surface area contributed by atoms with Crippen molar-refractivity contribution in [2.75, 3.05) is 26.0 Å². The van der Waals surface area contributed by atoms with Gasteiger partial charge in [0.2, 0.25) is 5.91 Å². The van der Waals surface area contributed by atoms with Gasteiger partial charge in [-0.05, 0) is 24.3 Å². The van der Waals surface area contributed by atoms with E-state index in [-0.39, 0.29) is 16.5 Å². The maximum atomic E-state index is 12.7. The van der Waals surface area contributed by atoms with Crippen LogP contribution >= 0.6 is 11.8 Å². The zero-order valence-electron chi connectivity index (χ0n) is 12.5. The molecule has 5 heteroatoms. The Balaban J connectivity index is 2.27. The van der Waals surface area contributed by atoms with Gasteiger partial charge in [0.25, 0.3) is 0 Å². The molecule has 0 N–H and O–H groups in total. The smallest absolute Gasteiger partial charge is 0.232 e. The largest absolute Gasteiger partial charge is 0.492 e. The molecule has 0 spiro atoms. The van der Waals surface area contributed by atoms with Crippen LogP contribution in [0.2, 0.25) is 0 Å². The van der Waals surface area contributed by atoms with Crippen molar-refractivity contribution < 1.29 is 13.9 Å². The molecule has 1 aromatic rings. The molecule has 0 aliphatic carbocycles. The molecule has 3 nitrogen and oxygen atoms in total. The Morgan fingerprint density at radius 2 is 1.90 bits per heavy atom.